The molecule has 0 saturated heterocycles. The maximum absolute atomic E-state index is 12.4. The molecule has 1 atom stereocenters. The number of furan rings is 1. The van der Waals surface area contributed by atoms with Crippen molar-refractivity contribution in [3.63, 3.8) is 0 Å². The molecule has 0 bridgehead atoms. The summed E-state index contributed by atoms with van der Waals surface area (Å²) in [6, 6.07) is 10.1. The minimum absolute atomic E-state index is 0.0798. The molecule has 1 aromatic carbocycles. The Hall–Kier alpha value is -3.35. The van der Waals surface area contributed by atoms with Gasteiger partial charge in [0, 0.05) is 13.1 Å². The average molecular weight is 354 g/mol. The van der Waals surface area contributed by atoms with E-state index in [-0.39, 0.29) is 36.6 Å². The number of nitrogens with one attached hydrogen (secondary N) is 1. The molecule has 1 aliphatic heterocycles. The van der Waals surface area contributed by atoms with Gasteiger partial charge in [0.1, 0.15) is 5.76 Å². The number of fused-ring (bicyclic) bond motifs is 1. The second-order valence-electron chi connectivity index (χ2n) is 5.94. The van der Waals surface area contributed by atoms with E-state index in [4.69, 9.17) is 9.52 Å². The standard InChI is InChI=1S/C19H18N2O5/c1-12(22)21-9-8-13-4-2-3-5-15(13)16(21)10-18(23)20-11-14-6-7-17(26-14)19(24)25/h2-9,16H,10-11H2,1H3,(H,20,23)(H,24,25)/t16-/m1/s1. The Morgan fingerprint density at radius 2 is 1.96 bits per heavy atom. The van der Waals surface area contributed by atoms with E-state index in [0.29, 0.717) is 5.76 Å². The van der Waals surface area contributed by atoms with E-state index in [0.717, 1.165) is 11.1 Å². The zero-order valence-corrected chi connectivity index (χ0v) is 14.1. The van der Waals surface area contributed by atoms with Crippen LogP contribution in [0.25, 0.3) is 6.08 Å². The highest BCUT2D eigenvalue weighted by atomic mass is 16.4. The number of carboxylic acid groups (broad SMARTS) is 1. The molecule has 0 spiro atoms. The summed E-state index contributed by atoms with van der Waals surface area (Å²) in [6.45, 7) is 1.54. The monoisotopic (exact) mass is 354 g/mol. The topological polar surface area (TPSA) is 99.9 Å². The number of benzene rings is 1. The fourth-order valence-electron chi connectivity index (χ4n) is 2.93. The van der Waals surface area contributed by atoms with Crippen molar-refractivity contribution < 1.29 is 23.9 Å². The highest BCUT2D eigenvalue weighted by Gasteiger charge is 2.28. The summed E-state index contributed by atoms with van der Waals surface area (Å²) in [5.41, 5.74) is 1.88. The molecule has 0 fully saturated rings. The van der Waals surface area contributed by atoms with Gasteiger partial charge in [-0.15, -0.1) is 0 Å². The van der Waals surface area contributed by atoms with Gasteiger partial charge in [-0.05, 0) is 29.3 Å². The van der Waals surface area contributed by atoms with Crippen LogP contribution in [0.5, 0.6) is 0 Å². The summed E-state index contributed by atoms with van der Waals surface area (Å²) in [5, 5.41) is 11.5. The molecule has 1 aliphatic rings. The SMILES string of the molecule is CC(=O)N1C=Cc2ccccc2[C@H]1CC(=O)NCc1ccc(C(=O)O)o1. The molecule has 134 valence electrons. The third-order valence-electron chi connectivity index (χ3n) is 4.18. The van der Waals surface area contributed by atoms with Crippen LogP contribution < -0.4 is 5.32 Å². The third-order valence-corrected chi connectivity index (χ3v) is 4.18. The lowest BCUT2D eigenvalue weighted by Crippen LogP contribution is -2.35. The Kier molecular flexibility index (Phi) is 4.88. The number of amides is 2. The molecule has 0 aliphatic carbocycles. The first-order valence-corrected chi connectivity index (χ1v) is 8.10. The molecule has 26 heavy (non-hydrogen) atoms. The summed E-state index contributed by atoms with van der Waals surface area (Å²) < 4.78 is 5.11. The number of nitrogens with zero attached hydrogens (tertiary/aromatic N) is 1. The second kappa shape index (κ2) is 7.26. The minimum Gasteiger partial charge on any atom is -0.475 e. The van der Waals surface area contributed by atoms with Crippen LogP contribution >= 0.6 is 0 Å². The van der Waals surface area contributed by atoms with Crippen LogP contribution in [0, 0.1) is 0 Å². The average Bonchev–Trinajstić information content (AvgIpc) is 3.09. The van der Waals surface area contributed by atoms with Gasteiger partial charge < -0.3 is 19.7 Å². The Bertz CT molecular complexity index is 884. The smallest absolute Gasteiger partial charge is 0.371 e. The molecule has 1 aromatic heterocycles. The van der Waals surface area contributed by atoms with Crippen molar-refractivity contribution >= 4 is 23.9 Å². The van der Waals surface area contributed by atoms with Crippen LogP contribution in [0.3, 0.4) is 0 Å². The number of rotatable bonds is 5. The van der Waals surface area contributed by atoms with Gasteiger partial charge in [-0.1, -0.05) is 24.3 Å². The molecule has 2 amide bonds. The van der Waals surface area contributed by atoms with Gasteiger partial charge in [-0.2, -0.15) is 0 Å². The van der Waals surface area contributed by atoms with Crippen molar-refractivity contribution in [1.29, 1.82) is 0 Å². The van der Waals surface area contributed by atoms with Crippen LogP contribution in [0.15, 0.2) is 47.0 Å². The van der Waals surface area contributed by atoms with E-state index in [2.05, 4.69) is 5.32 Å². The van der Waals surface area contributed by atoms with Crippen LogP contribution in [0.1, 0.15) is 46.8 Å². The first-order chi connectivity index (χ1) is 12.5. The lowest BCUT2D eigenvalue weighted by molar-refractivity contribution is -0.130. The van der Waals surface area contributed by atoms with Crippen molar-refractivity contribution in [1.82, 2.24) is 10.2 Å². The molecule has 2 aromatic rings. The van der Waals surface area contributed by atoms with Gasteiger partial charge in [0.2, 0.25) is 17.6 Å². The highest BCUT2D eigenvalue weighted by Crippen LogP contribution is 2.32. The lowest BCUT2D eigenvalue weighted by atomic mass is 9.93. The van der Waals surface area contributed by atoms with Crippen molar-refractivity contribution in [2.75, 3.05) is 0 Å². The number of aromatic carboxylic acids is 1. The molecule has 0 unspecified atom stereocenters. The van der Waals surface area contributed by atoms with Gasteiger partial charge in [0.05, 0.1) is 19.0 Å². The van der Waals surface area contributed by atoms with Gasteiger partial charge >= 0.3 is 5.97 Å². The normalized spacial score (nSPS) is 15.4. The summed E-state index contributed by atoms with van der Waals surface area (Å²) in [7, 11) is 0. The summed E-state index contributed by atoms with van der Waals surface area (Å²) in [5.74, 6) is -1.40. The Morgan fingerprint density at radius 3 is 2.65 bits per heavy atom. The van der Waals surface area contributed by atoms with Crippen LogP contribution in [0.4, 0.5) is 0 Å². The van der Waals surface area contributed by atoms with Gasteiger partial charge in [0.25, 0.3) is 0 Å². The van der Waals surface area contributed by atoms with Crippen molar-refractivity contribution in [2.24, 2.45) is 0 Å². The molecule has 0 saturated carbocycles. The molecular weight excluding hydrogens is 336 g/mol. The van der Waals surface area contributed by atoms with Crippen molar-refractivity contribution in [2.45, 2.75) is 25.9 Å². The predicted molar refractivity (Wildman–Crippen MR) is 92.9 cm³/mol. The Morgan fingerprint density at radius 1 is 1.19 bits per heavy atom. The van der Waals surface area contributed by atoms with Crippen LogP contribution in [0.2, 0.25) is 0 Å². The molecule has 7 nitrogen and oxygen atoms in total. The fourth-order valence-corrected chi connectivity index (χ4v) is 2.93. The largest absolute Gasteiger partial charge is 0.475 e. The zero-order chi connectivity index (χ0) is 18.7. The number of carbonyl (C=O) groups excluding carboxylic acids is 2. The number of carbonyl (C=O) groups is 3. The Labute approximate surface area is 149 Å². The molecular formula is C19H18N2O5. The van der Waals surface area contributed by atoms with Crippen LogP contribution in [-0.4, -0.2) is 27.8 Å². The highest BCUT2D eigenvalue weighted by molar-refractivity contribution is 5.84. The minimum atomic E-state index is -1.16. The van der Waals surface area contributed by atoms with Gasteiger partial charge in [-0.3, -0.25) is 9.59 Å². The fraction of sp³-hybridized carbons (Fsp3) is 0.211. The summed E-state index contributed by atoms with van der Waals surface area (Å²) in [4.78, 5) is 36.6. The molecule has 2 N–H and O–H groups in total. The first-order valence-electron chi connectivity index (χ1n) is 8.10. The summed E-state index contributed by atoms with van der Waals surface area (Å²) in [6.07, 6.45) is 3.63. The molecule has 3 rings (SSSR count). The molecule has 0 radical (unpaired) electrons. The van der Waals surface area contributed by atoms with Gasteiger partial charge in [0.15, 0.2) is 0 Å². The molecule has 7 heteroatoms. The van der Waals surface area contributed by atoms with E-state index >= 15 is 0 Å². The maximum atomic E-state index is 12.4. The zero-order valence-electron chi connectivity index (χ0n) is 14.1. The Balaban J connectivity index is 1.69. The summed E-state index contributed by atoms with van der Waals surface area (Å²) >= 11 is 0. The number of hydrogen-bond acceptors (Lipinski definition) is 4. The van der Waals surface area contributed by atoms with Gasteiger partial charge in [-0.25, -0.2) is 4.79 Å². The second-order valence-corrected chi connectivity index (χ2v) is 5.94. The lowest BCUT2D eigenvalue weighted by Gasteiger charge is -2.32. The third kappa shape index (κ3) is 3.66. The van der Waals surface area contributed by atoms with Crippen molar-refractivity contribution in [3.05, 3.63) is 65.2 Å². The maximum Gasteiger partial charge on any atom is 0.371 e. The van der Waals surface area contributed by atoms with E-state index in [1.165, 1.54) is 24.0 Å². The number of hydrogen-bond donors (Lipinski definition) is 2. The predicted octanol–water partition coefficient (Wildman–Crippen LogP) is 2.56. The molecule has 2 heterocycles. The quantitative estimate of drug-likeness (QED) is 0.859. The van der Waals surface area contributed by atoms with E-state index in [1.54, 1.807) is 6.20 Å². The first kappa shape index (κ1) is 17.5. The van der Waals surface area contributed by atoms with Crippen molar-refractivity contribution in [3.8, 4) is 0 Å². The van der Waals surface area contributed by atoms with E-state index in [1.807, 2.05) is 30.3 Å². The van der Waals surface area contributed by atoms with E-state index in [9.17, 15) is 14.4 Å². The number of carboxylic acids is 1. The van der Waals surface area contributed by atoms with Crippen LogP contribution in [-0.2, 0) is 16.1 Å². The van der Waals surface area contributed by atoms with E-state index < -0.39 is 5.97 Å².